The third-order valence-electron chi connectivity index (χ3n) is 3.03. The van der Waals surface area contributed by atoms with Crippen LogP contribution >= 0.6 is 0 Å². The Hall–Kier alpha value is -1.91. The van der Waals surface area contributed by atoms with E-state index in [1.54, 1.807) is 19.1 Å². The maximum atomic E-state index is 11.5. The maximum absolute atomic E-state index is 11.5. The molecule has 1 aromatic rings. The van der Waals surface area contributed by atoms with Crippen LogP contribution in [0.25, 0.3) is 0 Å². The van der Waals surface area contributed by atoms with Gasteiger partial charge in [0.2, 0.25) is 0 Å². The van der Waals surface area contributed by atoms with Gasteiger partial charge in [0.1, 0.15) is 6.10 Å². The van der Waals surface area contributed by atoms with Crippen molar-refractivity contribution >= 4 is 11.7 Å². The minimum Gasteiger partial charge on any atom is -0.458 e. The van der Waals surface area contributed by atoms with Crippen LogP contribution < -0.4 is 0 Å². The van der Waals surface area contributed by atoms with E-state index in [1.807, 2.05) is 13.8 Å². The number of hydrogen-bond donors (Lipinski definition) is 0. The molecule has 0 fully saturated rings. The summed E-state index contributed by atoms with van der Waals surface area (Å²) in [5, 5.41) is 11.1. The second-order valence-corrected chi connectivity index (χ2v) is 4.78. The Labute approximate surface area is 119 Å². The number of nitro groups is 1. The van der Waals surface area contributed by atoms with Gasteiger partial charge in [-0.1, -0.05) is 26.3 Å². The lowest BCUT2D eigenvalue weighted by Gasteiger charge is -2.14. The van der Waals surface area contributed by atoms with Gasteiger partial charge in [-0.25, -0.2) is 0 Å². The zero-order valence-corrected chi connectivity index (χ0v) is 12.2. The van der Waals surface area contributed by atoms with Crippen molar-refractivity contribution in [2.24, 2.45) is 0 Å². The molecule has 1 atom stereocenters. The number of hydrogen-bond acceptors (Lipinski definition) is 4. The molecule has 0 saturated carbocycles. The number of aryl methyl sites for hydroxylation is 1. The van der Waals surface area contributed by atoms with E-state index in [0.29, 0.717) is 18.4 Å². The molecule has 0 saturated heterocycles. The van der Waals surface area contributed by atoms with E-state index < -0.39 is 11.0 Å². The summed E-state index contributed by atoms with van der Waals surface area (Å²) < 4.78 is 5.26. The van der Waals surface area contributed by atoms with Crippen LogP contribution in [0.1, 0.15) is 57.3 Å². The highest BCUT2D eigenvalue weighted by Gasteiger charge is 2.22. The van der Waals surface area contributed by atoms with Crippen LogP contribution in [0.4, 0.5) is 5.69 Å². The first-order chi connectivity index (χ1) is 9.49. The van der Waals surface area contributed by atoms with Crippen molar-refractivity contribution in [3.8, 4) is 0 Å². The Balaban J connectivity index is 3.02. The highest BCUT2D eigenvalue weighted by atomic mass is 16.6. The molecule has 0 amide bonds. The Morgan fingerprint density at radius 3 is 2.60 bits per heavy atom. The van der Waals surface area contributed by atoms with E-state index in [-0.39, 0.29) is 11.7 Å². The van der Waals surface area contributed by atoms with Gasteiger partial charge in [-0.05, 0) is 31.4 Å². The number of carbonyl (C=O) groups excluding carboxylic acids is 1. The third-order valence-corrected chi connectivity index (χ3v) is 3.03. The fourth-order valence-corrected chi connectivity index (χ4v) is 2.06. The Morgan fingerprint density at radius 2 is 2.05 bits per heavy atom. The van der Waals surface area contributed by atoms with E-state index >= 15 is 0 Å². The lowest BCUT2D eigenvalue weighted by atomic mass is 10.0. The predicted octanol–water partition coefficient (Wildman–Crippen LogP) is 3.95. The number of carbonyl (C=O) groups is 1. The molecular formula is C15H21NO4. The van der Waals surface area contributed by atoms with Gasteiger partial charge in [-0.2, -0.15) is 0 Å². The van der Waals surface area contributed by atoms with Gasteiger partial charge in [0, 0.05) is 12.5 Å². The number of benzene rings is 1. The van der Waals surface area contributed by atoms with Crippen LogP contribution in [0.2, 0.25) is 0 Å². The molecule has 5 heteroatoms. The lowest BCUT2D eigenvalue weighted by Crippen LogP contribution is -2.10. The smallest absolute Gasteiger partial charge is 0.306 e. The van der Waals surface area contributed by atoms with Crippen molar-refractivity contribution in [2.75, 3.05) is 0 Å². The van der Waals surface area contributed by atoms with Crippen LogP contribution in [0.3, 0.4) is 0 Å². The molecule has 0 radical (unpaired) electrons. The number of rotatable bonds is 7. The van der Waals surface area contributed by atoms with Crippen molar-refractivity contribution in [1.29, 1.82) is 0 Å². The van der Waals surface area contributed by atoms with Crippen molar-refractivity contribution < 1.29 is 14.5 Å². The van der Waals surface area contributed by atoms with Crippen LogP contribution in [-0.4, -0.2) is 10.9 Å². The molecule has 5 nitrogen and oxygen atoms in total. The monoisotopic (exact) mass is 279 g/mol. The van der Waals surface area contributed by atoms with Gasteiger partial charge in [0.25, 0.3) is 5.69 Å². The number of nitro benzene ring substituents is 1. The van der Waals surface area contributed by atoms with E-state index in [4.69, 9.17) is 4.74 Å². The number of ether oxygens (including phenoxy) is 1. The highest BCUT2D eigenvalue weighted by molar-refractivity contribution is 5.69. The fraction of sp³-hybridized carbons (Fsp3) is 0.533. The van der Waals surface area contributed by atoms with Gasteiger partial charge in [-0.3, -0.25) is 14.9 Å². The Morgan fingerprint density at radius 1 is 1.35 bits per heavy atom. The molecule has 0 spiro atoms. The molecule has 0 aromatic heterocycles. The summed E-state index contributed by atoms with van der Waals surface area (Å²) in [4.78, 5) is 22.2. The number of esters is 1. The summed E-state index contributed by atoms with van der Waals surface area (Å²) in [6.07, 6.45) is 2.23. The van der Waals surface area contributed by atoms with Crippen LogP contribution in [0.5, 0.6) is 0 Å². The lowest BCUT2D eigenvalue weighted by molar-refractivity contribution is -0.386. The minimum atomic E-state index is -0.605. The second-order valence-electron chi connectivity index (χ2n) is 4.78. The topological polar surface area (TPSA) is 69.4 Å². The molecule has 0 N–H and O–H groups in total. The zero-order valence-electron chi connectivity index (χ0n) is 12.2. The van der Waals surface area contributed by atoms with E-state index in [1.165, 1.54) is 6.07 Å². The maximum Gasteiger partial charge on any atom is 0.306 e. The molecule has 110 valence electrons. The second kappa shape index (κ2) is 7.62. The van der Waals surface area contributed by atoms with Crippen LogP contribution in [-0.2, 0) is 16.0 Å². The highest BCUT2D eigenvalue weighted by Crippen LogP contribution is 2.29. The average Bonchev–Trinajstić information content (AvgIpc) is 2.38. The van der Waals surface area contributed by atoms with E-state index in [9.17, 15) is 14.9 Å². The number of nitrogens with zero attached hydrogens (tertiary/aromatic N) is 1. The average molecular weight is 279 g/mol. The molecule has 0 aliphatic heterocycles. The van der Waals surface area contributed by atoms with Crippen LogP contribution in [0, 0.1) is 10.1 Å². The van der Waals surface area contributed by atoms with Gasteiger partial charge in [0.05, 0.1) is 10.5 Å². The first-order valence-corrected chi connectivity index (χ1v) is 6.96. The van der Waals surface area contributed by atoms with Crippen molar-refractivity contribution in [3.63, 3.8) is 0 Å². The first-order valence-electron chi connectivity index (χ1n) is 6.96. The van der Waals surface area contributed by atoms with Crippen molar-refractivity contribution in [3.05, 3.63) is 39.4 Å². The predicted molar refractivity (Wildman–Crippen MR) is 76.5 cm³/mol. The molecule has 1 unspecified atom stereocenters. The van der Waals surface area contributed by atoms with Crippen LogP contribution in [0.15, 0.2) is 18.2 Å². The Kier molecular flexibility index (Phi) is 6.15. The molecule has 0 aliphatic carbocycles. The quantitative estimate of drug-likeness (QED) is 0.430. The summed E-state index contributed by atoms with van der Waals surface area (Å²) in [6, 6.07) is 5.02. The standard InChI is InChI=1S/C15H21NO4/c1-4-6-12-8-9-14(16(18)19)13(10-12)11(3)20-15(17)7-5-2/h8-11H,4-7H2,1-3H3. The largest absolute Gasteiger partial charge is 0.458 e. The van der Waals surface area contributed by atoms with Crippen molar-refractivity contribution in [1.82, 2.24) is 0 Å². The normalized spacial score (nSPS) is 11.9. The molecule has 0 aliphatic rings. The van der Waals surface area contributed by atoms with Gasteiger partial charge < -0.3 is 4.74 Å². The molecule has 1 rings (SSSR count). The first kappa shape index (κ1) is 16.1. The molecule has 0 heterocycles. The Bertz CT molecular complexity index is 485. The minimum absolute atomic E-state index is 0.00153. The summed E-state index contributed by atoms with van der Waals surface area (Å²) in [5.41, 5.74) is 1.48. The summed E-state index contributed by atoms with van der Waals surface area (Å²) >= 11 is 0. The van der Waals surface area contributed by atoms with Gasteiger partial charge in [-0.15, -0.1) is 0 Å². The SMILES string of the molecule is CCCC(=O)OC(C)c1cc(CCC)ccc1[N+](=O)[O-]. The summed E-state index contributed by atoms with van der Waals surface area (Å²) in [5.74, 6) is -0.324. The van der Waals surface area contributed by atoms with Gasteiger partial charge in [0.15, 0.2) is 0 Å². The van der Waals surface area contributed by atoms with E-state index in [2.05, 4.69) is 0 Å². The summed E-state index contributed by atoms with van der Waals surface area (Å²) in [6.45, 7) is 5.60. The van der Waals surface area contributed by atoms with Crippen molar-refractivity contribution in [2.45, 2.75) is 52.6 Å². The fourth-order valence-electron chi connectivity index (χ4n) is 2.06. The molecular weight excluding hydrogens is 258 g/mol. The van der Waals surface area contributed by atoms with E-state index in [0.717, 1.165) is 18.4 Å². The van der Waals surface area contributed by atoms with Gasteiger partial charge >= 0.3 is 5.97 Å². The molecule has 0 bridgehead atoms. The zero-order chi connectivity index (χ0) is 15.1. The third kappa shape index (κ3) is 4.33. The molecule has 20 heavy (non-hydrogen) atoms. The summed E-state index contributed by atoms with van der Waals surface area (Å²) in [7, 11) is 0. The molecule has 1 aromatic carbocycles.